The summed E-state index contributed by atoms with van der Waals surface area (Å²) in [6.07, 6.45) is 6.51. The Bertz CT molecular complexity index is 439. The minimum absolute atomic E-state index is 0.789. The maximum Gasteiger partial charge on any atom is 0.185 e. The van der Waals surface area contributed by atoms with Gasteiger partial charge >= 0.3 is 0 Å². The molecule has 1 saturated heterocycles. The molecule has 3 rings (SSSR count). The van der Waals surface area contributed by atoms with E-state index in [0.29, 0.717) is 0 Å². The van der Waals surface area contributed by atoms with Crippen LogP contribution >= 0.6 is 11.3 Å². The molecule has 1 aliphatic carbocycles. The number of rotatable bonds is 3. The molecule has 3 nitrogen and oxygen atoms in total. The molecule has 1 fully saturated rings. The van der Waals surface area contributed by atoms with E-state index in [9.17, 15) is 0 Å². The van der Waals surface area contributed by atoms with Gasteiger partial charge in [0, 0.05) is 25.0 Å². The lowest BCUT2D eigenvalue weighted by Crippen LogP contribution is -2.49. The first-order chi connectivity index (χ1) is 9.19. The van der Waals surface area contributed by atoms with Crippen LogP contribution < -0.4 is 4.90 Å². The van der Waals surface area contributed by atoms with E-state index in [1.165, 1.54) is 56.0 Å². The standard InChI is InChI=1S/C15H25N3S/c1-4-7-18-8-5-6-11-9-12-14(10-13(11)18)19-15(16-12)17(2)3/h11,13H,4-10H2,1-3H3. The average Bonchev–Trinajstić information content (AvgIpc) is 2.80. The van der Waals surface area contributed by atoms with Crippen molar-refractivity contribution in [2.45, 2.75) is 45.1 Å². The smallest absolute Gasteiger partial charge is 0.185 e. The van der Waals surface area contributed by atoms with Crippen LogP contribution in [-0.4, -0.2) is 43.1 Å². The molecule has 2 heterocycles. The molecular weight excluding hydrogens is 254 g/mol. The van der Waals surface area contributed by atoms with Crippen molar-refractivity contribution in [2.24, 2.45) is 5.92 Å². The van der Waals surface area contributed by atoms with Crippen molar-refractivity contribution in [1.29, 1.82) is 0 Å². The Labute approximate surface area is 120 Å². The highest BCUT2D eigenvalue weighted by molar-refractivity contribution is 7.15. The quantitative estimate of drug-likeness (QED) is 0.848. The summed E-state index contributed by atoms with van der Waals surface area (Å²) in [4.78, 5) is 11.3. The summed E-state index contributed by atoms with van der Waals surface area (Å²) in [7, 11) is 4.20. The van der Waals surface area contributed by atoms with Gasteiger partial charge in [0.1, 0.15) is 0 Å². The number of piperidine rings is 1. The van der Waals surface area contributed by atoms with E-state index < -0.39 is 0 Å². The van der Waals surface area contributed by atoms with Crippen molar-refractivity contribution in [3.8, 4) is 0 Å². The summed E-state index contributed by atoms with van der Waals surface area (Å²) >= 11 is 1.91. The van der Waals surface area contributed by atoms with Gasteiger partial charge in [-0.1, -0.05) is 6.92 Å². The van der Waals surface area contributed by atoms with Crippen LogP contribution in [-0.2, 0) is 12.8 Å². The number of anilines is 1. The second-order valence-corrected chi connectivity index (χ2v) is 7.24. The van der Waals surface area contributed by atoms with Gasteiger partial charge < -0.3 is 4.90 Å². The Kier molecular flexibility index (Phi) is 3.81. The Morgan fingerprint density at radius 2 is 2.21 bits per heavy atom. The van der Waals surface area contributed by atoms with Crippen LogP contribution in [0, 0.1) is 5.92 Å². The molecule has 4 heteroatoms. The molecule has 0 saturated carbocycles. The number of fused-ring (bicyclic) bond motifs is 2. The number of nitrogens with zero attached hydrogens (tertiary/aromatic N) is 3. The van der Waals surface area contributed by atoms with Crippen molar-refractivity contribution in [3.63, 3.8) is 0 Å². The highest BCUT2D eigenvalue weighted by Crippen LogP contribution is 2.38. The van der Waals surface area contributed by atoms with E-state index in [-0.39, 0.29) is 0 Å². The molecule has 19 heavy (non-hydrogen) atoms. The maximum absolute atomic E-state index is 4.84. The van der Waals surface area contributed by atoms with Gasteiger partial charge in [-0.25, -0.2) is 4.98 Å². The first-order valence-corrected chi connectivity index (χ1v) is 8.40. The molecule has 1 aromatic rings. The van der Waals surface area contributed by atoms with Crippen LogP contribution in [0.5, 0.6) is 0 Å². The lowest BCUT2D eigenvalue weighted by atomic mass is 9.79. The highest BCUT2D eigenvalue weighted by atomic mass is 32.1. The van der Waals surface area contributed by atoms with Gasteiger partial charge in [0.2, 0.25) is 0 Å². The van der Waals surface area contributed by atoms with Crippen molar-refractivity contribution in [1.82, 2.24) is 9.88 Å². The van der Waals surface area contributed by atoms with E-state index >= 15 is 0 Å². The minimum Gasteiger partial charge on any atom is -0.354 e. The number of thiazole rings is 1. The third-order valence-corrected chi connectivity index (χ3v) is 5.83. The van der Waals surface area contributed by atoms with Gasteiger partial charge in [-0.05, 0) is 51.1 Å². The minimum atomic E-state index is 0.789. The van der Waals surface area contributed by atoms with Crippen LogP contribution in [0.15, 0.2) is 0 Å². The Morgan fingerprint density at radius 3 is 2.95 bits per heavy atom. The van der Waals surface area contributed by atoms with E-state index in [4.69, 9.17) is 4.98 Å². The van der Waals surface area contributed by atoms with E-state index in [1.807, 2.05) is 11.3 Å². The molecule has 2 aliphatic rings. The number of hydrogen-bond acceptors (Lipinski definition) is 4. The molecule has 2 unspecified atom stereocenters. The molecule has 0 amide bonds. The fourth-order valence-corrected chi connectivity index (χ4v) is 4.69. The molecule has 2 atom stereocenters. The maximum atomic E-state index is 4.84. The first-order valence-electron chi connectivity index (χ1n) is 7.59. The van der Waals surface area contributed by atoms with Crippen molar-refractivity contribution in [2.75, 3.05) is 32.1 Å². The fourth-order valence-electron chi connectivity index (χ4n) is 3.63. The van der Waals surface area contributed by atoms with Gasteiger partial charge in [0.15, 0.2) is 5.13 Å². The van der Waals surface area contributed by atoms with E-state index in [0.717, 1.165) is 12.0 Å². The van der Waals surface area contributed by atoms with Crippen molar-refractivity contribution in [3.05, 3.63) is 10.6 Å². The lowest BCUT2D eigenvalue weighted by molar-refractivity contribution is 0.0857. The van der Waals surface area contributed by atoms with Gasteiger partial charge in [-0.2, -0.15) is 0 Å². The summed E-state index contributed by atoms with van der Waals surface area (Å²) in [6, 6.07) is 0.789. The molecule has 0 bridgehead atoms. The Balaban J connectivity index is 1.82. The Morgan fingerprint density at radius 1 is 1.37 bits per heavy atom. The van der Waals surface area contributed by atoms with Gasteiger partial charge in [0.25, 0.3) is 0 Å². The first kappa shape index (κ1) is 13.4. The summed E-state index contributed by atoms with van der Waals surface area (Å²) in [6.45, 7) is 4.88. The van der Waals surface area contributed by atoms with E-state index in [1.54, 1.807) is 4.88 Å². The van der Waals surface area contributed by atoms with Crippen LogP contribution in [0.3, 0.4) is 0 Å². The zero-order valence-corrected chi connectivity index (χ0v) is 13.2. The van der Waals surface area contributed by atoms with Gasteiger partial charge in [0.05, 0.1) is 5.69 Å². The van der Waals surface area contributed by atoms with Crippen LogP contribution in [0.4, 0.5) is 5.13 Å². The van der Waals surface area contributed by atoms with E-state index in [2.05, 4.69) is 30.8 Å². The molecule has 0 radical (unpaired) electrons. The highest BCUT2D eigenvalue weighted by Gasteiger charge is 2.36. The number of hydrogen-bond donors (Lipinski definition) is 0. The molecular formula is C15H25N3S. The van der Waals surface area contributed by atoms with Crippen LogP contribution in [0.1, 0.15) is 36.8 Å². The Hall–Kier alpha value is -0.610. The molecule has 0 N–H and O–H groups in total. The molecule has 106 valence electrons. The fraction of sp³-hybridized carbons (Fsp3) is 0.800. The molecule has 1 aliphatic heterocycles. The zero-order valence-electron chi connectivity index (χ0n) is 12.4. The molecule has 0 spiro atoms. The predicted octanol–water partition coefficient (Wildman–Crippen LogP) is 2.80. The van der Waals surface area contributed by atoms with Gasteiger partial charge in [-0.3, -0.25) is 4.90 Å². The van der Waals surface area contributed by atoms with Crippen LogP contribution in [0.2, 0.25) is 0 Å². The normalized spacial score (nSPS) is 26.9. The van der Waals surface area contributed by atoms with Crippen LogP contribution in [0.25, 0.3) is 0 Å². The monoisotopic (exact) mass is 279 g/mol. The third kappa shape index (κ3) is 2.52. The number of aromatic nitrogens is 1. The lowest BCUT2D eigenvalue weighted by Gasteiger charge is -2.43. The summed E-state index contributed by atoms with van der Waals surface area (Å²) in [5.41, 5.74) is 1.40. The third-order valence-electron chi connectivity index (χ3n) is 4.54. The summed E-state index contributed by atoms with van der Waals surface area (Å²) in [5.74, 6) is 0.852. The average molecular weight is 279 g/mol. The van der Waals surface area contributed by atoms with Crippen molar-refractivity contribution >= 4 is 16.5 Å². The number of likely N-dealkylation sites (tertiary alicyclic amines) is 1. The topological polar surface area (TPSA) is 19.4 Å². The SMILES string of the molecule is CCCN1CCCC2Cc3nc(N(C)C)sc3CC21. The largest absolute Gasteiger partial charge is 0.354 e. The summed E-state index contributed by atoms with van der Waals surface area (Å²) in [5, 5.41) is 1.19. The molecule has 1 aromatic heterocycles. The molecule has 0 aromatic carbocycles. The van der Waals surface area contributed by atoms with Crippen molar-refractivity contribution < 1.29 is 0 Å². The predicted molar refractivity (Wildman–Crippen MR) is 82.2 cm³/mol. The van der Waals surface area contributed by atoms with Gasteiger partial charge in [-0.15, -0.1) is 11.3 Å². The second kappa shape index (κ2) is 5.41. The second-order valence-electron chi connectivity index (χ2n) is 6.17. The summed E-state index contributed by atoms with van der Waals surface area (Å²) < 4.78 is 0. The zero-order chi connectivity index (χ0) is 13.4.